The third kappa shape index (κ3) is 2.72. The summed E-state index contributed by atoms with van der Waals surface area (Å²) in [5, 5.41) is 0. The number of halogens is 1. The Hall–Kier alpha value is -1.18. The Morgan fingerprint density at radius 2 is 2.11 bits per heavy atom. The lowest BCUT2D eigenvalue weighted by Crippen LogP contribution is -2.24. The summed E-state index contributed by atoms with van der Waals surface area (Å²) in [4.78, 5) is 23.6. The second-order valence-corrected chi connectivity index (χ2v) is 6.47. The van der Waals surface area contributed by atoms with Gasteiger partial charge in [-0.3, -0.25) is 4.79 Å². The number of hydrogen-bond donors (Lipinski definition) is 1. The van der Waals surface area contributed by atoms with Crippen molar-refractivity contribution in [2.45, 2.75) is 39.7 Å². The highest BCUT2D eigenvalue weighted by atomic mass is 127. The zero-order chi connectivity index (χ0) is 14.2. The van der Waals surface area contributed by atoms with Crippen LogP contribution < -0.4 is 5.56 Å². The first-order chi connectivity index (χ1) is 8.84. The lowest BCUT2D eigenvalue weighted by atomic mass is 9.92. The standard InChI is InChI=1S/C13H17IN4O/c1-5-18-7-15-6-8(18)11-16-10(13(2,3)4)9(14)12(19)17-11/h6-7H,5H2,1-4H3,(H,16,17,19). The number of H-pyrrole nitrogens is 1. The van der Waals surface area contributed by atoms with Crippen molar-refractivity contribution in [2.75, 3.05) is 0 Å². The van der Waals surface area contributed by atoms with E-state index in [-0.39, 0.29) is 11.0 Å². The minimum absolute atomic E-state index is 0.0978. The first-order valence-electron chi connectivity index (χ1n) is 6.15. The average Bonchev–Trinajstić information content (AvgIpc) is 2.79. The van der Waals surface area contributed by atoms with E-state index in [1.165, 1.54) is 0 Å². The molecule has 0 saturated carbocycles. The number of rotatable bonds is 2. The van der Waals surface area contributed by atoms with Gasteiger partial charge in [-0.1, -0.05) is 20.8 Å². The van der Waals surface area contributed by atoms with E-state index in [2.05, 4.69) is 58.3 Å². The van der Waals surface area contributed by atoms with Gasteiger partial charge in [-0.15, -0.1) is 0 Å². The van der Waals surface area contributed by atoms with Gasteiger partial charge in [0.15, 0.2) is 5.82 Å². The second-order valence-electron chi connectivity index (χ2n) is 5.39. The topological polar surface area (TPSA) is 63.6 Å². The second kappa shape index (κ2) is 5.07. The van der Waals surface area contributed by atoms with Crippen LogP contribution in [0.25, 0.3) is 11.5 Å². The smallest absolute Gasteiger partial charge is 0.264 e. The summed E-state index contributed by atoms with van der Waals surface area (Å²) in [5.74, 6) is 0.578. The fourth-order valence-electron chi connectivity index (χ4n) is 1.85. The maximum atomic E-state index is 12.1. The molecule has 0 atom stereocenters. The van der Waals surface area contributed by atoms with Crippen molar-refractivity contribution in [3.63, 3.8) is 0 Å². The molecule has 19 heavy (non-hydrogen) atoms. The molecule has 2 heterocycles. The van der Waals surface area contributed by atoms with Crippen molar-refractivity contribution in [3.8, 4) is 11.5 Å². The van der Waals surface area contributed by atoms with Crippen LogP contribution in [0.3, 0.4) is 0 Å². The minimum Gasteiger partial charge on any atom is -0.328 e. The molecule has 102 valence electrons. The Bertz CT molecular complexity index is 651. The molecule has 6 heteroatoms. The Labute approximate surface area is 125 Å². The quantitative estimate of drug-likeness (QED) is 0.825. The molecule has 0 aliphatic heterocycles. The molecule has 0 aliphatic carbocycles. The van der Waals surface area contributed by atoms with Crippen LogP contribution >= 0.6 is 22.6 Å². The average molecular weight is 372 g/mol. The number of aryl methyl sites for hydroxylation is 1. The Balaban J connectivity index is 2.67. The lowest BCUT2D eigenvalue weighted by Gasteiger charge is -2.19. The summed E-state index contributed by atoms with van der Waals surface area (Å²) in [6.45, 7) is 8.98. The Morgan fingerprint density at radius 3 is 2.68 bits per heavy atom. The summed E-state index contributed by atoms with van der Waals surface area (Å²) in [6, 6.07) is 0. The molecule has 0 fully saturated rings. The maximum Gasteiger partial charge on any atom is 0.264 e. The van der Waals surface area contributed by atoms with Crippen LogP contribution in [0.4, 0.5) is 0 Å². The lowest BCUT2D eigenvalue weighted by molar-refractivity contribution is 0.561. The van der Waals surface area contributed by atoms with E-state index in [9.17, 15) is 4.79 Å². The fraction of sp³-hybridized carbons (Fsp3) is 0.462. The van der Waals surface area contributed by atoms with E-state index in [0.29, 0.717) is 9.39 Å². The summed E-state index contributed by atoms with van der Waals surface area (Å²) in [5.41, 5.74) is 1.38. The fourth-order valence-corrected chi connectivity index (χ4v) is 2.91. The van der Waals surface area contributed by atoms with Crippen LogP contribution in [0.5, 0.6) is 0 Å². The van der Waals surface area contributed by atoms with Gasteiger partial charge in [-0.2, -0.15) is 0 Å². The van der Waals surface area contributed by atoms with E-state index >= 15 is 0 Å². The molecule has 0 aliphatic rings. The van der Waals surface area contributed by atoms with Gasteiger partial charge >= 0.3 is 0 Å². The van der Waals surface area contributed by atoms with E-state index in [1.807, 2.05) is 11.5 Å². The highest BCUT2D eigenvalue weighted by Gasteiger charge is 2.22. The van der Waals surface area contributed by atoms with Gasteiger partial charge in [-0.05, 0) is 29.5 Å². The number of imidazole rings is 1. The molecular weight excluding hydrogens is 355 g/mol. The minimum atomic E-state index is -0.170. The molecule has 1 N–H and O–H groups in total. The molecular formula is C13H17IN4O. The van der Waals surface area contributed by atoms with E-state index in [0.717, 1.165) is 17.9 Å². The normalized spacial score (nSPS) is 11.8. The largest absolute Gasteiger partial charge is 0.328 e. The molecule has 5 nitrogen and oxygen atoms in total. The van der Waals surface area contributed by atoms with Crippen LogP contribution in [0, 0.1) is 3.57 Å². The third-order valence-corrected chi connectivity index (χ3v) is 3.87. The van der Waals surface area contributed by atoms with E-state index in [4.69, 9.17) is 0 Å². The molecule has 2 rings (SSSR count). The SMILES string of the molecule is CCn1cncc1-c1nc(C(C)(C)C)c(I)c(=O)[nH]1. The van der Waals surface area contributed by atoms with Crippen molar-refractivity contribution >= 4 is 22.6 Å². The number of aromatic amines is 1. The molecule has 0 aromatic carbocycles. The zero-order valence-electron chi connectivity index (χ0n) is 11.5. The molecule has 0 spiro atoms. The predicted octanol–water partition coefficient (Wildman–Crippen LogP) is 2.56. The Kier molecular flexibility index (Phi) is 3.80. The first kappa shape index (κ1) is 14.2. The number of hydrogen-bond acceptors (Lipinski definition) is 3. The first-order valence-corrected chi connectivity index (χ1v) is 7.23. The van der Waals surface area contributed by atoms with Crippen LogP contribution in [-0.4, -0.2) is 19.5 Å². The van der Waals surface area contributed by atoms with Crippen LogP contribution in [0.1, 0.15) is 33.4 Å². The molecule has 0 bridgehead atoms. The van der Waals surface area contributed by atoms with Crippen molar-refractivity contribution < 1.29 is 0 Å². The van der Waals surface area contributed by atoms with Crippen LogP contribution in [-0.2, 0) is 12.0 Å². The molecule has 2 aromatic heterocycles. The molecule has 2 aromatic rings. The van der Waals surface area contributed by atoms with Gasteiger partial charge in [-0.25, -0.2) is 9.97 Å². The van der Waals surface area contributed by atoms with Gasteiger partial charge in [0.1, 0.15) is 9.26 Å². The highest BCUT2D eigenvalue weighted by molar-refractivity contribution is 14.1. The summed E-state index contributed by atoms with van der Waals surface area (Å²) >= 11 is 2.05. The molecule has 0 amide bonds. The van der Waals surface area contributed by atoms with Gasteiger partial charge in [0.05, 0.1) is 18.2 Å². The van der Waals surface area contributed by atoms with Crippen molar-refractivity contribution in [3.05, 3.63) is 32.1 Å². The Morgan fingerprint density at radius 1 is 1.42 bits per heavy atom. The molecule has 0 unspecified atom stereocenters. The summed E-state index contributed by atoms with van der Waals surface area (Å²) < 4.78 is 2.61. The molecule has 0 radical (unpaired) electrons. The van der Waals surface area contributed by atoms with Crippen molar-refractivity contribution in [1.82, 2.24) is 19.5 Å². The van der Waals surface area contributed by atoms with E-state index < -0.39 is 0 Å². The predicted molar refractivity (Wildman–Crippen MR) is 83.2 cm³/mol. The van der Waals surface area contributed by atoms with Gasteiger partial charge in [0.2, 0.25) is 0 Å². The third-order valence-electron chi connectivity index (χ3n) is 2.87. The summed E-state index contributed by atoms with van der Waals surface area (Å²) in [6.07, 6.45) is 3.46. The highest BCUT2D eigenvalue weighted by Crippen LogP contribution is 2.25. The summed E-state index contributed by atoms with van der Waals surface area (Å²) in [7, 11) is 0. The van der Waals surface area contributed by atoms with Gasteiger partial charge < -0.3 is 9.55 Å². The maximum absolute atomic E-state index is 12.1. The zero-order valence-corrected chi connectivity index (χ0v) is 13.6. The number of aromatic nitrogens is 4. The number of nitrogens with one attached hydrogen (secondary N) is 1. The van der Waals surface area contributed by atoms with Crippen LogP contribution in [0.2, 0.25) is 0 Å². The van der Waals surface area contributed by atoms with Gasteiger partial charge in [0.25, 0.3) is 5.56 Å². The van der Waals surface area contributed by atoms with Crippen LogP contribution in [0.15, 0.2) is 17.3 Å². The number of nitrogens with zero attached hydrogens (tertiary/aromatic N) is 3. The molecule has 0 saturated heterocycles. The van der Waals surface area contributed by atoms with Crippen molar-refractivity contribution in [1.29, 1.82) is 0 Å². The van der Waals surface area contributed by atoms with Gasteiger partial charge in [0, 0.05) is 12.0 Å². The monoisotopic (exact) mass is 372 g/mol. The van der Waals surface area contributed by atoms with E-state index in [1.54, 1.807) is 12.5 Å². The van der Waals surface area contributed by atoms with Crippen molar-refractivity contribution in [2.24, 2.45) is 0 Å².